The number of nitrogens with two attached hydrogens (primary N) is 1. The normalized spacial score (nSPS) is 23.7. The lowest BCUT2D eigenvalue weighted by Crippen LogP contribution is -2.29. The highest BCUT2D eigenvalue weighted by molar-refractivity contribution is 5.37. The fourth-order valence-electron chi connectivity index (χ4n) is 2.30. The molecule has 100 valence electrons. The molecule has 0 aliphatic heterocycles. The first-order valence-electron chi connectivity index (χ1n) is 6.72. The van der Waals surface area contributed by atoms with Gasteiger partial charge in [0.25, 0.3) is 0 Å². The van der Waals surface area contributed by atoms with Crippen molar-refractivity contribution in [3.8, 4) is 5.88 Å². The molecule has 0 amide bonds. The van der Waals surface area contributed by atoms with E-state index in [-0.39, 0.29) is 0 Å². The molecule has 1 fully saturated rings. The van der Waals surface area contributed by atoms with Gasteiger partial charge in [-0.1, -0.05) is 0 Å². The smallest absolute Gasteiger partial charge is 0.218 e. The molecule has 5 nitrogen and oxygen atoms in total. The second-order valence-corrected chi connectivity index (χ2v) is 4.84. The summed E-state index contributed by atoms with van der Waals surface area (Å²) in [7, 11) is 0. The quantitative estimate of drug-likeness (QED) is 0.833. The van der Waals surface area contributed by atoms with Gasteiger partial charge in [-0.15, -0.1) is 0 Å². The maximum absolute atomic E-state index is 5.90. The monoisotopic (exact) mass is 250 g/mol. The lowest BCUT2D eigenvalue weighted by atomic mass is 9.86. The summed E-state index contributed by atoms with van der Waals surface area (Å²) in [5.74, 6) is 2.17. The third kappa shape index (κ3) is 3.84. The molecule has 0 unspecified atom stereocenters. The maximum atomic E-state index is 5.90. The topological polar surface area (TPSA) is 73.1 Å². The van der Waals surface area contributed by atoms with Gasteiger partial charge in [0.2, 0.25) is 5.88 Å². The fraction of sp³-hybridized carbons (Fsp3) is 0.692. The Morgan fingerprint density at radius 3 is 2.83 bits per heavy atom. The highest BCUT2D eigenvalue weighted by Gasteiger charge is 2.18. The standard InChI is InChI=1S/C13H22N4O/c1-2-18-13-7-12(16-9-17-13)15-8-10-3-5-11(14)6-4-10/h7,9-11H,2-6,8,14H2,1H3,(H,15,16,17). The molecule has 1 aliphatic carbocycles. The first kappa shape index (κ1) is 13.1. The third-order valence-corrected chi connectivity index (χ3v) is 3.40. The van der Waals surface area contributed by atoms with E-state index >= 15 is 0 Å². The van der Waals surface area contributed by atoms with E-state index in [1.165, 1.54) is 19.2 Å². The van der Waals surface area contributed by atoms with Crippen LogP contribution in [0.15, 0.2) is 12.4 Å². The van der Waals surface area contributed by atoms with Gasteiger partial charge in [-0.25, -0.2) is 9.97 Å². The average Bonchev–Trinajstić information content (AvgIpc) is 2.39. The van der Waals surface area contributed by atoms with Crippen LogP contribution in [0.25, 0.3) is 0 Å². The number of aromatic nitrogens is 2. The fourth-order valence-corrected chi connectivity index (χ4v) is 2.30. The molecule has 1 aromatic rings. The van der Waals surface area contributed by atoms with Crippen molar-refractivity contribution in [1.29, 1.82) is 0 Å². The summed E-state index contributed by atoms with van der Waals surface area (Å²) in [6, 6.07) is 2.25. The number of hydrogen-bond donors (Lipinski definition) is 2. The summed E-state index contributed by atoms with van der Waals surface area (Å²) >= 11 is 0. The maximum Gasteiger partial charge on any atom is 0.218 e. The summed E-state index contributed by atoms with van der Waals surface area (Å²) < 4.78 is 5.34. The first-order chi connectivity index (χ1) is 8.78. The molecule has 0 aromatic carbocycles. The van der Waals surface area contributed by atoms with E-state index in [0.29, 0.717) is 24.4 Å². The molecule has 0 saturated heterocycles. The molecule has 2 rings (SSSR count). The van der Waals surface area contributed by atoms with Gasteiger partial charge >= 0.3 is 0 Å². The second kappa shape index (κ2) is 6.54. The Bertz CT molecular complexity index is 364. The molecule has 0 spiro atoms. The highest BCUT2D eigenvalue weighted by Crippen LogP contribution is 2.23. The first-order valence-corrected chi connectivity index (χ1v) is 6.72. The molecule has 0 radical (unpaired) electrons. The Balaban J connectivity index is 1.80. The van der Waals surface area contributed by atoms with E-state index in [0.717, 1.165) is 25.2 Å². The minimum Gasteiger partial charge on any atom is -0.478 e. The van der Waals surface area contributed by atoms with Gasteiger partial charge in [0.15, 0.2) is 0 Å². The van der Waals surface area contributed by atoms with Gasteiger partial charge in [0, 0.05) is 18.7 Å². The van der Waals surface area contributed by atoms with E-state index in [1.807, 2.05) is 13.0 Å². The predicted molar refractivity (Wildman–Crippen MR) is 71.6 cm³/mol. The van der Waals surface area contributed by atoms with E-state index in [9.17, 15) is 0 Å². The van der Waals surface area contributed by atoms with Crippen molar-refractivity contribution >= 4 is 5.82 Å². The molecule has 3 N–H and O–H groups in total. The number of ether oxygens (including phenoxy) is 1. The van der Waals surface area contributed by atoms with Crippen LogP contribution in [-0.4, -0.2) is 29.2 Å². The van der Waals surface area contributed by atoms with Crippen LogP contribution in [0.3, 0.4) is 0 Å². The van der Waals surface area contributed by atoms with Gasteiger partial charge in [-0.2, -0.15) is 0 Å². The van der Waals surface area contributed by atoms with Crippen LogP contribution in [0.4, 0.5) is 5.82 Å². The molecule has 5 heteroatoms. The van der Waals surface area contributed by atoms with E-state index in [1.54, 1.807) is 0 Å². The molecule has 1 aromatic heterocycles. The summed E-state index contributed by atoms with van der Waals surface area (Å²) in [5.41, 5.74) is 5.90. The van der Waals surface area contributed by atoms with Gasteiger partial charge in [0.1, 0.15) is 12.1 Å². The molecule has 0 atom stereocenters. The van der Waals surface area contributed by atoms with Crippen molar-refractivity contribution in [1.82, 2.24) is 9.97 Å². The van der Waals surface area contributed by atoms with Crippen molar-refractivity contribution in [2.75, 3.05) is 18.5 Å². The zero-order chi connectivity index (χ0) is 12.8. The summed E-state index contributed by atoms with van der Waals surface area (Å²) in [4.78, 5) is 8.24. The van der Waals surface area contributed by atoms with Crippen LogP contribution in [0.1, 0.15) is 32.6 Å². The third-order valence-electron chi connectivity index (χ3n) is 3.40. The highest BCUT2D eigenvalue weighted by atomic mass is 16.5. The van der Waals surface area contributed by atoms with Gasteiger partial charge in [-0.05, 0) is 38.5 Å². The van der Waals surface area contributed by atoms with Crippen molar-refractivity contribution in [2.45, 2.75) is 38.6 Å². The molecule has 1 heterocycles. The number of rotatable bonds is 5. The van der Waals surface area contributed by atoms with E-state index in [4.69, 9.17) is 10.5 Å². The molecule has 18 heavy (non-hydrogen) atoms. The number of hydrogen-bond acceptors (Lipinski definition) is 5. The van der Waals surface area contributed by atoms with E-state index in [2.05, 4.69) is 15.3 Å². The Kier molecular flexibility index (Phi) is 4.75. The SMILES string of the molecule is CCOc1cc(NCC2CCC(N)CC2)ncn1. The number of nitrogens with one attached hydrogen (secondary N) is 1. The minimum atomic E-state index is 0.407. The zero-order valence-electron chi connectivity index (χ0n) is 10.9. The Hall–Kier alpha value is -1.36. The summed E-state index contributed by atoms with van der Waals surface area (Å²) in [6.45, 7) is 3.52. The Morgan fingerprint density at radius 2 is 2.11 bits per heavy atom. The molecule has 0 bridgehead atoms. The Morgan fingerprint density at radius 1 is 1.33 bits per heavy atom. The number of anilines is 1. The van der Waals surface area contributed by atoms with Gasteiger partial charge < -0.3 is 15.8 Å². The largest absolute Gasteiger partial charge is 0.478 e. The van der Waals surface area contributed by atoms with Crippen molar-refractivity contribution in [3.05, 3.63) is 12.4 Å². The molecular formula is C13H22N4O. The van der Waals surface area contributed by atoms with Crippen molar-refractivity contribution < 1.29 is 4.74 Å². The van der Waals surface area contributed by atoms with E-state index < -0.39 is 0 Å². The van der Waals surface area contributed by atoms with Crippen LogP contribution in [0.2, 0.25) is 0 Å². The molecule has 1 saturated carbocycles. The minimum absolute atomic E-state index is 0.407. The average molecular weight is 250 g/mol. The van der Waals surface area contributed by atoms with Crippen LogP contribution >= 0.6 is 0 Å². The van der Waals surface area contributed by atoms with Crippen LogP contribution < -0.4 is 15.8 Å². The van der Waals surface area contributed by atoms with Crippen LogP contribution in [0, 0.1) is 5.92 Å². The second-order valence-electron chi connectivity index (χ2n) is 4.84. The predicted octanol–water partition coefficient (Wildman–Crippen LogP) is 1.80. The Labute approximate surface area is 108 Å². The van der Waals surface area contributed by atoms with Crippen LogP contribution in [0.5, 0.6) is 5.88 Å². The lowest BCUT2D eigenvalue weighted by Gasteiger charge is -2.26. The van der Waals surface area contributed by atoms with Crippen LogP contribution in [-0.2, 0) is 0 Å². The molecule has 1 aliphatic rings. The van der Waals surface area contributed by atoms with Gasteiger partial charge in [-0.3, -0.25) is 0 Å². The van der Waals surface area contributed by atoms with Crippen molar-refractivity contribution in [2.24, 2.45) is 11.7 Å². The summed E-state index contributed by atoms with van der Waals surface area (Å²) in [6.07, 6.45) is 6.22. The van der Waals surface area contributed by atoms with Crippen molar-refractivity contribution in [3.63, 3.8) is 0 Å². The molecular weight excluding hydrogens is 228 g/mol. The lowest BCUT2D eigenvalue weighted by molar-refractivity contribution is 0.326. The number of nitrogens with zero attached hydrogens (tertiary/aromatic N) is 2. The van der Waals surface area contributed by atoms with Gasteiger partial charge in [0.05, 0.1) is 6.61 Å². The summed E-state index contributed by atoms with van der Waals surface area (Å²) in [5, 5.41) is 3.36. The zero-order valence-corrected chi connectivity index (χ0v) is 10.9.